The van der Waals surface area contributed by atoms with Crippen LogP contribution in [-0.4, -0.2) is 20.6 Å². The minimum Gasteiger partial charge on any atom is -0.307 e. The molecule has 1 aromatic carbocycles. The van der Waals surface area contributed by atoms with E-state index >= 15 is 0 Å². The number of nitrogens with zero attached hydrogens (tertiary/aromatic N) is 3. The molecule has 2 aromatic rings. The maximum absolute atomic E-state index is 12.2. The molecule has 1 heterocycles. The van der Waals surface area contributed by atoms with Gasteiger partial charge in [0.05, 0.1) is 16.2 Å². The molecule has 0 aliphatic heterocycles. The van der Waals surface area contributed by atoms with E-state index < -0.39 is 10.8 Å². The number of aryl methyl sites for hydroxylation is 2. The summed E-state index contributed by atoms with van der Waals surface area (Å²) in [5.74, 6) is 0.135. The third kappa shape index (κ3) is 2.95. The third-order valence-corrected chi connectivity index (χ3v) is 3.59. The van der Waals surface area contributed by atoms with Crippen molar-refractivity contribution in [2.45, 2.75) is 6.92 Å². The van der Waals surface area contributed by atoms with Crippen LogP contribution in [0.1, 0.15) is 16.1 Å². The van der Waals surface area contributed by atoms with Crippen molar-refractivity contribution in [3.05, 3.63) is 49.2 Å². The molecule has 8 heteroatoms. The van der Waals surface area contributed by atoms with Gasteiger partial charge in [0, 0.05) is 28.8 Å². The van der Waals surface area contributed by atoms with Gasteiger partial charge < -0.3 is 5.32 Å². The first-order chi connectivity index (χ1) is 9.38. The summed E-state index contributed by atoms with van der Waals surface area (Å²) in [5, 5.41) is 17.6. The molecule has 0 saturated heterocycles. The Kier molecular flexibility index (Phi) is 4.02. The molecule has 0 atom stereocenters. The average molecular weight is 386 g/mol. The normalized spacial score (nSPS) is 10.3. The molecule has 0 fully saturated rings. The number of anilines is 1. The summed E-state index contributed by atoms with van der Waals surface area (Å²) < 4.78 is 2.18. The van der Waals surface area contributed by atoms with Crippen molar-refractivity contribution in [3.8, 4) is 0 Å². The van der Waals surface area contributed by atoms with Crippen LogP contribution < -0.4 is 5.32 Å². The quantitative estimate of drug-likeness (QED) is 0.499. The molecular weight excluding hydrogens is 375 g/mol. The molecule has 2 rings (SSSR count). The Balaban J connectivity index is 2.31. The molecule has 0 aliphatic carbocycles. The Morgan fingerprint density at radius 3 is 2.70 bits per heavy atom. The van der Waals surface area contributed by atoms with Crippen LogP contribution in [0.15, 0.2) is 24.3 Å². The summed E-state index contributed by atoms with van der Waals surface area (Å²) in [4.78, 5) is 22.4. The Labute approximate surface area is 128 Å². The predicted octanol–water partition coefficient (Wildman–Crippen LogP) is 2.49. The monoisotopic (exact) mass is 386 g/mol. The summed E-state index contributed by atoms with van der Waals surface area (Å²) in [5.41, 5.74) is 0.923. The van der Waals surface area contributed by atoms with E-state index in [4.69, 9.17) is 0 Å². The number of rotatable bonds is 3. The summed E-state index contributed by atoms with van der Waals surface area (Å²) in [7, 11) is 1.71. The lowest BCUT2D eigenvalue weighted by molar-refractivity contribution is -0.384. The van der Waals surface area contributed by atoms with Gasteiger partial charge in [0.25, 0.3) is 11.6 Å². The van der Waals surface area contributed by atoms with Crippen LogP contribution in [0.5, 0.6) is 0 Å². The van der Waals surface area contributed by atoms with E-state index in [-0.39, 0.29) is 11.3 Å². The van der Waals surface area contributed by atoms with Crippen LogP contribution >= 0.6 is 22.6 Å². The first kappa shape index (κ1) is 14.4. The number of nitro benzene ring substituents is 1. The van der Waals surface area contributed by atoms with E-state index in [1.54, 1.807) is 19.2 Å². The number of hydrogen-bond acceptors (Lipinski definition) is 4. The molecule has 0 saturated carbocycles. The smallest absolute Gasteiger partial charge is 0.270 e. The zero-order chi connectivity index (χ0) is 14.9. The second-order valence-electron chi connectivity index (χ2n) is 4.17. The number of nitro groups is 1. The maximum Gasteiger partial charge on any atom is 0.270 e. The lowest BCUT2D eigenvalue weighted by Crippen LogP contribution is -2.16. The largest absolute Gasteiger partial charge is 0.307 e. The highest BCUT2D eigenvalue weighted by molar-refractivity contribution is 14.1. The zero-order valence-corrected chi connectivity index (χ0v) is 12.9. The van der Waals surface area contributed by atoms with Gasteiger partial charge in [0.2, 0.25) is 0 Å². The zero-order valence-electron chi connectivity index (χ0n) is 10.8. The molecule has 0 aliphatic rings. The predicted molar refractivity (Wildman–Crippen MR) is 81.7 cm³/mol. The standard InChI is InChI=1S/C12H11IN4O3/c1-7-5-11(16(2)15-7)14-12(18)9-6-8(17(19)20)3-4-10(9)13/h3-6H,1-2H3,(H,14,18). The average Bonchev–Trinajstić information content (AvgIpc) is 2.67. The van der Waals surface area contributed by atoms with E-state index in [2.05, 4.69) is 10.4 Å². The minimum absolute atomic E-state index is 0.114. The van der Waals surface area contributed by atoms with E-state index in [1.165, 1.54) is 16.8 Å². The number of benzene rings is 1. The van der Waals surface area contributed by atoms with Gasteiger partial charge in [0.1, 0.15) is 5.82 Å². The van der Waals surface area contributed by atoms with Crippen LogP contribution in [0.4, 0.5) is 11.5 Å². The molecular formula is C12H11IN4O3. The molecule has 7 nitrogen and oxygen atoms in total. The highest BCUT2D eigenvalue weighted by Gasteiger charge is 2.16. The van der Waals surface area contributed by atoms with Gasteiger partial charge in [-0.25, -0.2) is 0 Å². The van der Waals surface area contributed by atoms with Crippen molar-refractivity contribution in [3.63, 3.8) is 0 Å². The van der Waals surface area contributed by atoms with E-state index in [1.807, 2.05) is 29.5 Å². The van der Waals surface area contributed by atoms with Crippen molar-refractivity contribution in [2.24, 2.45) is 7.05 Å². The van der Waals surface area contributed by atoms with Crippen molar-refractivity contribution in [1.29, 1.82) is 0 Å². The van der Waals surface area contributed by atoms with Gasteiger partial charge in [-0.05, 0) is 35.6 Å². The number of amides is 1. The van der Waals surface area contributed by atoms with Crippen molar-refractivity contribution in [1.82, 2.24) is 9.78 Å². The Morgan fingerprint density at radius 2 is 2.15 bits per heavy atom. The Hall–Kier alpha value is -1.97. The molecule has 0 radical (unpaired) electrons. The molecule has 0 bridgehead atoms. The van der Waals surface area contributed by atoms with Crippen LogP contribution in [0, 0.1) is 20.6 Å². The van der Waals surface area contributed by atoms with E-state index in [0.29, 0.717) is 9.39 Å². The van der Waals surface area contributed by atoms with Gasteiger partial charge in [-0.3, -0.25) is 19.6 Å². The number of nitrogens with one attached hydrogen (secondary N) is 1. The molecule has 1 N–H and O–H groups in total. The molecule has 0 spiro atoms. The third-order valence-electron chi connectivity index (χ3n) is 2.65. The number of non-ortho nitro benzene ring substituents is 1. The van der Waals surface area contributed by atoms with Gasteiger partial charge in [-0.2, -0.15) is 5.10 Å². The van der Waals surface area contributed by atoms with Crippen molar-refractivity contribution in [2.75, 3.05) is 5.32 Å². The molecule has 0 unspecified atom stereocenters. The highest BCUT2D eigenvalue weighted by Crippen LogP contribution is 2.21. The second-order valence-corrected chi connectivity index (χ2v) is 5.33. The van der Waals surface area contributed by atoms with Crippen LogP contribution in [0.25, 0.3) is 0 Å². The maximum atomic E-state index is 12.2. The fourth-order valence-corrected chi connectivity index (χ4v) is 2.29. The molecule has 1 amide bonds. The first-order valence-corrected chi connectivity index (χ1v) is 6.72. The number of carbonyl (C=O) groups excluding carboxylic acids is 1. The molecule has 1 aromatic heterocycles. The summed E-state index contributed by atoms with van der Waals surface area (Å²) >= 11 is 1.97. The first-order valence-electron chi connectivity index (χ1n) is 5.64. The fourth-order valence-electron chi connectivity index (χ4n) is 1.71. The van der Waals surface area contributed by atoms with Gasteiger partial charge in [-0.15, -0.1) is 0 Å². The summed E-state index contributed by atoms with van der Waals surface area (Å²) in [6.07, 6.45) is 0. The number of carbonyl (C=O) groups is 1. The summed E-state index contributed by atoms with van der Waals surface area (Å²) in [6.45, 7) is 1.81. The topological polar surface area (TPSA) is 90.1 Å². The van der Waals surface area contributed by atoms with Crippen LogP contribution in [0.3, 0.4) is 0 Å². The van der Waals surface area contributed by atoms with Gasteiger partial charge in [0.15, 0.2) is 0 Å². The SMILES string of the molecule is Cc1cc(NC(=O)c2cc([N+](=O)[O-])ccc2I)n(C)n1. The van der Waals surface area contributed by atoms with E-state index in [9.17, 15) is 14.9 Å². The van der Waals surface area contributed by atoms with Crippen molar-refractivity contribution >= 4 is 40.0 Å². The number of aromatic nitrogens is 2. The fraction of sp³-hybridized carbons (Fsp3) is 0.167. The van der Waals surface area contributed by atoms with Crippen molar-refractivity contribution < 1.29 is 9.72 Å². The number of halogens is 1. The highest BCUT2D eigenvalue weighted by atomic mass is 127. The van der Waals surface area contributed by atoms with Crippen LogP contribution in [0.2, 0.25) is 0 Å². The summed E-state index contributed by atoms with van der Waals surface area (Å²) in [6, 6.07) is 5.90. The number of hydrogen-bond donors (Lipinski definition) is 1. The minimum atomic E-state index is -0.527. The van der Waals surface area contributed by atoms with Gasteiger partial charge in [-0.1, -0.05) is 0 Å². The molecule has 104 valence electrons. The van der Waals surface area contributed by atoms with Crippen LogP contribution in [-0.2, 0) is 7.05 Å². The second kappa shape index (κ2) is 5.57. The molecule has 20 heavy (non-hydrogen) atoms. The van der Waals surface area contributed by atoms with Gasteiger partial charge >= 0.3 is 0 Å². The lowest BCUT2D eigenvalue weighted by Gasteiger charge is -2.06. The van der Waals surface area contributed by atoms with E-state index in [0.717, 1.165) is 5.69 Å². The Bertz CT molecular complexity index is 696. The lowest BCUT2D eigenvalue weighted by atomic mass is 10.2. The Morgan fingerprint density at radius 1 is 1.45 bits per heavy atom.